The topological polar surface area (TPSA) is 58.2 Å². The van der Waals surface area contributed by atoms with Gasteiger partial charge >= 0.3 is 0 Å². The Hall–Kier alpha value is -1.26. The van der Waals surface area contributed by atoms with E-state index in [1.165, 1.54) is 19.3 Å². The van der Waals surface area contributed by atoms with Crippen LogP contribution in [0.25, 0.3) is 0 Å². The van der Waals surface area contributed by atoms with Crippen LogP contribution in [0, 0.1) is 0 Å². The summed E-state index contributed by atoms with van der Waals surface area (Å²) in [4.78, 5) is 24.6. The fraction of sp³-hybridized carbons (Fsp3) is 0.556. The molecule has 1 fully saturated rings. The number of hydrogen-bond acceptors (Lipinski definition) is 2. The van der Waals surface area contributed by atoms with Gasteiger partial charge < -0.3 is 10.6 Å². The van der Waals surface area contributed by atoms with Crippen LogP contribution in [-0.4, -0.2) is 23.9 Å². The summed E-state index contributed by atoms with van der Waals surface area (Å²) in [6.07, 6.45) is 8.04. The molecular weight excluding hydrogens is 347 g/mol. The van der Waals surface area contributed by atoms with Crippen LogP contribution in [0.3, 0.4) is 0 Å². The third-order valence-corrected chi connectivity index (χ3v) is 5.21. The highest BCUT2D eigenvalue weighted by atomic mass is 35.5. The molecule has 0 heterocycles. The quantitative estimate of drug-likeness (QED) is 0.827. The van der Waals surface area contributed by atoms with Crippen molar-refractivity contribution in [1.82, 2.24) is 10.6 Å². The molecule has 2 rings (SSSR count). The summed E-state index contributed by atoms with van der Waals surface area (Å²) in [5.41, 5.74) is 0.273. The van der Waals surface area contributed by atoms with Crippen molar-refractivity contribution in [2.24, 2.45) is 0 Å². The summed E-state index contributed by atoms with van der Waals surface area (Å²) in [5, 5.41) is 6.26. The van der Waals surface area contributed by atoms with E-state index < -0.39 is 11.9 Å². The monoisotopic (exact) mass is 370 g/mol. The van der Waals surface area contributed by atoms with Crippen molar-refractivity contribution in [2.75, 3.05) is 0 Å². The third kappa shape index (κ3) is 5.38. The maximum absolute atomic E-state index is 12.3. The first-order valence-electron chi connectivity index (χ1n) is 8.54. The second-order valence-corrected chi connectivity index (χ2v) is 7.13. The zero-order valence-electron chi connectivity index (χ0n) is 13.9. The molecule has 0 aliphatic heterocycles. The van der Waals surface area contributed by atoms with E-state index in [2.05, 4.69) is 10.6 Å². The van der Waals surface area contributed by atoms with Gasteiger partial charge in [0, 0.05) is 6.04 Å². The molecule has 1 aromatic rings. The van der Waals surface area contributed by atoms with Crippen LogP contribution in [0.5, 0.6) is 0 Å². The number of halogens is 2. The van der Waals surface area contributed by atoms with Crippen LogP contribution in [0.15, 0.2) is 18.2 Å². The molecule has 0 bridgehead atoms. The van der Waals surface area contributed by atoms with Gasteiger partial charge in [-0.2, -0.15) is 0 Å². The fourth-order valence-electron chi connectivity index (χ4n) is 2.95. The van der Waals surface area contributed by atoms with Crippen molar-refractivity contribution in [1.29, 1.82) is 0 Å². The van der Waals surface area contributed by atoms with E-state index in [0.29, 0.717) is 5.02 Å². The summed E-state index contributed by atoms with van der Waals surface area (Å²) >= 11 is 12.0. The molecule has 0 unspecified atom stereocenters. The Morgan fingerprint density at radius 1 is 1.08 bits per heavy atom. The van der Waals surface area contributed by atoms with Gasteiger partial charge in [-0.25, -0.2) is 0 Å². The second kappa shape index (κ2) is 9.28. The molecule has 4 nitrogen and oxygen atoms in total. The number of rotatable bonds is 4. The van der Waals surface area contributed by atoms with Gasteiger partial charge in [-0.1, -0.05) is 61.4 Å². The number of nitrogens with one attached hydrogen (secondary N) is 2. The van der Waals surface area contributed by atoms with Crippen molar-refractivity contribution in [2.45, 2.75) is 64.0 Å². The van der Waals surface area contributed by atoms with Gasteiger partial charge in [0.25, 0.3) is 5.91 Å². The largest absolute Gasteiger partial charge is 0.352 e. The smallest absolute Gasteiger partial charge is 0.253 e. The van der Waals surface area contributed by atoms with E-state index in [9.17, 15) is 9.59 Å². The van der Waals surface area contributed by atoms with Gasteiger partial charge in [0.1, 0.15) is 6.04 Å². The molecule has 1 aliphatic carbocycles. The zero-order valence-corrected chi connectivity index (χ0v) is 15.4. The molecule has 6 heteroatoms. The van der Waals surface area contributed by atoms with Crippen LogP contribution in [0.1, 0.15) is 62.2 Å². The minimum Gasteiger partial charge on any atom is -0.352 e. The molecule has 1 atom stereocenters. The highest BCUT2D eigenvalue weighted by Gasteiger charge is 2.21. The Morgan fingerprint density at radius 2 is 1.71 bits per heavy atom. The van der Waals surface area contributed by atoms with Crippen molar-refractivity contribution >= 4 is 35.0 Å². The van der Waals surface area contributed by atoms with E-state index >= 15 is 0 Å². The molecular formula is C18H24Cl2N2O2. The molecule has 1 aromatic carbocycles. The normalized spacial score (nSPS) is 17.5. The number of carbonyl (C=O) groups is 2. The van der Waals surface area contributed by atoms with Gasteiger partial charge in [0.05, 0.1) is 15.6 Å². The highest BCUT2D eigenvalue weighted by molar-refractivity contribution is 6.43. The lowest BCUT2D eigenvalue weighted by Gasteiger charge is -2.23. The Kier molecular flexibility index (Phi) is 7.38. The maximum atomic E-state index is 12.3. The van der Waals surface area contributed by atoms with E-state index in [0.717, 1.165) is 25.7 Å². The molecule has 2 N–H and O–H groups in total. The SMILES string of the molecule is C[C@H](NC(=O)c1cccc(Cl)c1Cl)C(=O)NC1CCCCCCC1. The molecule has 132 valence electrons. The minimum absolute atomic E-state index is 0.160. The first-order chi connectivity index (χ1) is 11.5. The van der Waals surface area contributed by atoms with E-state index in [-0.39, 0.29) is 22.5 Å². The van der Waals surface area contributed by atoms with Crippen molar-refractivity contribution < 1.29 is 9.59 Å². The number of benzene rings is 1. The van der Waals surface area contributed by atoms with Gasteiger partial charge in [-0.15, -0.1) is 0 Å². The fourth-order valence-corrected chi connectivity index (χ4v) is 3.33. The summed E-state index contributed by atoms with van der Waals surface area (Å²) in [6.45, 7) is 1.68. The lowest BCUT2D eigenvalue weighted by atomic mass is 9.96. The van der Waals surface area contributed by atoms with Crippen molar-refractivity contribution in [3.63, 3.8) is 0 Å². The Balaban J connectivity index is 1.90. The van der Waals surface area contributed by atoms with Crippen LogP contribution in [0.4, 0.5) is 0 Å². The first kappa shape index (κ1) is 19.1. The molecule has 0 saturated heterocycles. The molecule has 2 amide bonds. The highest BCUT2D eigenvalue weighted by Crippen LogP contribution is 2.25. The van der Waals surface area contributed by atoms with Crippen LogP contribution >= 0.6 is 23.2 Å². The van der Waals surface area contributed by atoms with Gasteiger partial charge in [-0.3, -0.25) is 9.59 Å². The van der Waals surface area contributed by atoms with Gasteiger partial charge in [0.2, 0.25) is 5.91 Å². The Bertz CT molecular complexity index is 584. The van der Waals surface area contributed by atoms with Crippen LogP contribution in [0.2, 0.25) is 10.0 Å². The lowest BCUT2D eigenvalue weighted by molar-refractivity contribution is -0.123. The third-order valence-electron chi connectivity index (χ3n) is 4.39. The average Bonchev–Trinajstić information content (AvgIpc) is 2.52. The zero-order chi connectivity index (χ0) is 17.5. The predicted octanol–water partition coefficient (Wildman–Crippen LogP) is 4.34. The molecule has 0 radical (unpaired) electrons. The minimum atomic E-state index is -0.627. The van der Waals surface area contributed by atoms with E-state index in [1.54, 1.807) is 25.1 Å². The summed E-state index contributed by atoms with van der Waals surface area (Å²) < 4.78 is 0. The van der Waals surface area contributed by atoms with Crippen LogP contribution in [-0.2, 0) is 4.79 Å². The van der Waals surface area contributed by atoms with Crippen LogP contribution < -0.4 is 10.6 Å². The molecule has 1 saturated carbocycles. The van der Waals surface area contributed by atoms with Crippen molar-refractivity contribution in [3.05, 3.63) is 33.8 Å². The summed E-state index contributed by atoms with van der Waals surface area (Å²) in [6, 6.07) is 4.43. The Labute approximate surface area is 153 Å². The Morgan fingerprint density at radius 3 is 2.38 bits per heavy atom. The summed E-state index contributed by atoms with van der Waals surface area (Å²) in [7, 11) is 0. The second-order valence-electron chi connectivity index (χ2n) is 6.35. The summed E-state index contributed by atoms with van der Waals surface area (Å²) in [5.74, 6) is -0.560. The van der Waals surface area contributed by atoms with Crippen molar-refractivity contribution in [3.8, 4) is 0 Å². The van der Waals surface area contributed by atoms with E-state index in [1.807, 2.05) is 0 Å². The standard InChI is InChI=1S/C18H24Cl2N2O2/c1-12(17(23)22-13-8-5-3-2-4-6-9-13)21-18(24)14-10-7-11-15(19)16(14)20/h7,10-13H,2-6,8-9H2,1H3,(H,21,24)(H,22,23)/t12-/m0/s1. The first-order valence-corrected chi connectivity index (χ1v) is 9.30. The molecule has 0 spiro atoms. The van der Waals surface area contributed by atoms with Gasteiger partial charge in [0.15, 0.2) is 0 Å². The number of hydrogen-bond donors (Lipinski definition) is 2. The average molecular weight is 371 g/mol. The number of carbonyl (C=O) groups excluding carboxylic acids is 2. The predicted molar refractivity (Wildman–Crippen MR) is 97.6 cm³/mol. The van der Waals surface area contributed by atoms with Gasteiger partial charge in [-0.05, 0) is 31.9 Å². The molecule has 24 heavy (non-hydrogen) atoms. The maximum Gasteiger partial charge on any atom is 0.253 e. The molecule has 0 aromatic heterocycles. The lowest BCUT2D eigenvalue weighted by Crippen LogP contribution is -2.48. The van der Waals surface area contributed by atoms with E-state index in [4.69, 9.17) is 23.2 Å². The number of amides is 2. The molecule has 1 aliphatic rings.